The second-order valence-electron chi connectivity index (χ2n) is 2.06. The Morgan fingerprint density at radius 1 is 1.60 bits per heavy atom. The second kappa shape index (κ2) is 3.20. The quantitative estimate of drug-likeness (QED) is 0.620. The van der Waals surface area contributed by atoms with Crippen LogP contribution < -0.4 is 4.74 Å². The zero-order chi connectivity index (χ0) is 7.40. The fraction of sp³-hybridized carbons (Fsp3) is 0.375. The van der Waals surface area contributed by atoms with Crippen molar-refractivity contribution in [2.24, 2.45) is 0 Å². The third-order valence-corrected chi connectivity index (χ3v) is 1.24. The molecule has 54 valence electrons. The molecule has 1 rings (SSSR count). The molecule has 0 aliphatic heterocycles. The van der Waals surface area contributed by atoms with E-state index in [2.05, 4.69) is 4.98 Å². The first-order valence-corrected chi connectivity index (χ1v) is 3.39. The zero-order valence-electron chi connectivity index (χ0n) is 6.29. The van der Waals surface area contributed by atoms with Crippen LogP contribution >= 0.6 is 0 Å². The molecule has 0 bridgehead atoms. The first-order valence-electron chi connectivity index (χ1n) is 3.39. The van der Waals surface area contributed by atoms with Crippen LogP contribution in [0.1, 0.15) is 12.5 Å². The molecule has 1 aromatic heterocycles. The highest BCUT2D eigenvalue weighted by Crippen LogP contribution is 2.11. The standard InChI is InChI=1S/C8H11NO/c1-3-10-8-7(2)5-4-6-9-8/h4-6H,3H2,1-2H3. The molecular weight excluding hydrogens is 126 g/mol. The van der Waals surface area contributed by atoms with Gasteiger partial charge >= 0.3 is 0 Å². The largest absolute Gasteiger partial charge is 0.478 e. The molecule has 0 radical (unpaired) electrons. The summed E-state index contributed by atoms with van der Waals surface area (Å²) < 4.78 is 5.23. The van der Waals surface area contributed by atoms with Gasteiger partial charge in [0.25, 0.3) is 0 Å². The molecule has 0 saturated carbocycles. The normalized spacial score (nSPS) is 9.40. The molecule has 0 aliphatic carbocycles. The highest BCUT2D eigenvalue weighted by Gasteiger charge is 1.95. The van der Waals surface area contributed by atoms with Crippen molar-refractivity contribution in [3.8, 4) is 5.88 Å². The molecule has 0 aliphatic rings. The maximum absolute atomic E-state index is 5.23. The number of hydrogen-bond acceptors (Lipinski definition) is 2. The van der Waals surface area contributed by atoms with Crippen molar-refractivity contribution in [3.05, 3.63) is 23.9 Å². The van der Waals surface area contributed by atoms with Crippen LogP contribution in [-0.2, 0) is 0 Å². The summed E-state index contributed by atoms with van der Waals surface area (Å²) >= 11 is 0. The van der Waals surface area contributed by atoms with Crippen LogP contribution in [-0.4, -0.2) is 11.6 Å². The van der Waals surface area contributed by atoms with E-state index in [0.29, 0.717) is 6.61 Å². The van der Waals surface area contributed by atoms with E-state index in [1.807, 2.05) is 26.0 Å². The Morgan fingerprint density at radius 3 is 3.00 bits per heavy atom. The van der Waals surface area contributed by atoms with Gasteiger partial charge in [-0.05, 0) is 19.9 Å². The highest BCUT2D eigenvalue weighted by atomic mass is 16.5. The molecule has 0 spiro atoms. The van der Waals surface area contributed by atoms with Gasteiger partial charge in [-0.15, -0.1) is 0 Å². The van der Waals surface area contributed by atoms with Crippen molar-refractivity contribution in [1.82, 2.24) is 4.98 Å². The van der Waals surface area contributed by atoms with Gasteiger partial charge in [0.05, 0.1) is 6.61 Å². The van der Waals surface area contributed by atoms with E-state index in [1.54, 1.807) is 6.20 Å². The summed E-state index contributed by atoms with van der Waals surface area (Å²) in [5.41, 5.74) is 1.09. The van der Waals surface area contributed by atoms with Crippen molar-refractivity contribution in [2.45, 2.75) is 13.8 Å². The Labute approximate surface area is 60.9 Å². The lowest BCUT2D eigenvalue weighted by molar-refractivity contribution is 0.324. The SMILES string of the molecule is CCOc1ncccc1C. The monoisotopic (exact) mass is 137 g/mol. The summed E-state index contributed by atoms with van der Waals surface area (Å²) in [4.78, 5) is 4.05. The van der Waals surface area contributed by atoms with Crippen molar-refractivity contribution in [1.29, 1.82) is 0 Å². The predicted octanol–water partition coefficient (Wildman–Crippen LogP) is 1.79. The van der Waals surface area contributed by atoms with E-state index in [0.717, 1.165) is 11.4 Å². The smallest absolute Gasteiger partial charge is 0.216 e. The van der Waals surface area contributed by atoms with E-state index in [4.69, 9.17) is 4.74 Å². The van der Waals surface area contributed by atoms with Gasteiger partial charge in [-0.2, -0.15) is 0 Å². The molecule has 1 heterocycles. The molecular formula is C8H11NO. The summed E-state index contributed by atoms with van der Waals surface area (Å²) in [7, 11) is 0. The lowest BCUT2D eigenvalue weighted by Gasteiger charge is -2.02. The Balaban J connectivity index is 2.81. The van der Waals surface area contributed by atoms with Crippen molar-refractivity contribution >= 4 is 0 Å². The summed E-state index contributed by atoms with van der Waals surface area (Å²) in [6.07, 6.45) is 1.73. The minimum absolute atomic E-state index is 0.678. The summed E-state index contributed by atoms with van der Waals surface area (Å²) in [5.74, 6) is 0.741. The summed E-state index contributed by atoms with van der Waals surface area (Å²) in [6.45, 7) is 4.62. The molecule has 0 fully saturated rings. The molecule has 2 heteroatoms. The van der Waals surface area contributed by atoms with Crippen LogP contribution in [0.5, 0.6) is 5.88 Å². The van der Waals surface area contributed by atoms with Crippen molar-refractivity contribution < 1.29 is 4.74 Å². The number of pyridine rings is 1. The third-order valence-electron chi connectivity index (χ3n) is 1.24. The fourth-order valence-electron chi connectivity index (χ4n) is 0.759. The molecule has 0 unspecified atom stereocenters. The number of rotatable bonds is 2. The van der Waals surface area contributed by atoms with Crippen LogP contribution in [0.25, 0.3) is 0 Å². The maximum atomic E-state index is 5.23. The average Bonchev–Trinajstić information content (AvgIpc) is 1.94. The Morgan fingerprint density at radius 2 is 2.40 bits per heavy atom. The average molecular weight is 137 g/mol. The zero-order valence-corrected chi connectivity index (χ0v) is 6.29. The molecule has 2 nitrogen and oxygen atoms in total. The fourth-order valence-corrected chi connectivity index (χ4v) is 0.759. The lowest BCUT2D eigenvalue weighted by Crippen LogP contribution is -1.95. The molecule has 0 atom stereocenters. The Kier molecular flexibility index (Phi) is 2.26. The van der Waals surface area contributed by atoms with Crippen LogP contribution in [0, 0.1) is 6.92 Å². The minimum atomic E-state index is 0.678. The van der Waals surface area contributed by atoms with Gasteiger partial charge < -0.3 is 4.74 Å². The van der Waals surface area contributed by atoms with E-state index >= 15 is 0 Å². The molecule has 10 heavy (non-hydrogen) atoms. The van der Waals surface area contributed by atoms with Crippen LogP contribution in [0.2, 0.25) is 0 Å². The molecule has 0 amide bonds. The van der Waals surface area contributed by atoms with Gasteiger partial charge in [-0.25, -0.2) is 4.98 Å². The third kappa shape index (κ3) is 1.47. The topological polar surface area (TPSA) is 22.1 Å². The van der Waals surface area contributed by atoms with E-state index in [-0.39, 0.29) is 0 Å². The molecule has 0 aromatic carbocycles. The van der Waals surface area contributed by atoms with Gasteiger partial charge in [0.1, 0.15) is 0 Å². The van der Waals surface area contributed by atoms with Gasteiger partial charge in [0.2, 0.25) is 5.88 Å². The van der Waals surface area contributed by atoms with Crippen LogP contribution in [0.3, 0.4) is 0 Å². The van der Waals surface area contributed by atoms with Gasteiger partial charge in [0.15, 0.2) is 0 Å². The summed E-state index contributed by atoms with van der Waals surface area (Å²) in [6, 6.07) is 3.88. The molecule has 1 aromatic rings. The van der Waals surface area contributed by atoms with Crippen LogP contribution in [0.15, 0.2) is 18.3 Å². The van der Waals surface area contributed by atoms with E-state index in [1.165, 1.54) is 0 Å². The lowest BCUT2D eigenvalue weighted by atomic mass is 10.3. The minimum Gasteiger partial charge on any atom is -0.478 e. The summed E-state index contributed by atoms with van der Waals surface area (Å²) in [5, 5.41) is 0. The number of aryl methyl sites for hydroxylation is 1. The highest BCUT2D eigenvalue weighted by molar-refractivity contribution is 5.22. The second-order valence-corrected chi connectivity index (χ2v) is 2.06. The predicted molar refractivity (Wildman–Crippen MR) is 40.1 cm³/mol. The van der Waals surface area contributed by atoms with Crippen molar-refractivity contribution in [2.75, 3.05) is 6.61 Å². The first kappa shape index (κ1) is 7.06. The Hall–Kier alpha value is -1.05. The van der Waals surface area contributed by atoms with Gasteiger partial charge in [-0.3, -0.25) is 0 Å². The molecule has 0 N–H and O–H groups in total. The van der Waals surface area contributed by atoms with E-state index in [9.17, 15) is 0 Å². The Bertz CT molecular complexity index is 210. The first-order chi connectivity index (χ1) is 4.84. The maximum Gasteiger partial charge on any atom is 0.216 e. The number of nitrogens with zero attached hydrogens (tertiary/aromatic N) is 1. The van der Waals surface area contributed by atoms with Gasteiger partial charge in [-0.1, -0.05) is 6.07 Å². The number of ether oxygens (including phenoxy) is 1. The van der Waals surface area contributed by atoms with Crippen molar-refractivity contribution in [3.63, 3.8) is 0 Å². The van der Waals surface area contributed by atoms with E-state index < -0.39 is 0 Å². The molecule has 0 saturated heterocycles. The van der Waals surface area contributed by atoms with Gasteiger partial charge in [0, 0.05) is 11.8 Å². The van der Waals surface area contributed by atoms with Crippen LogP contribution in [0.4, 0.5) is 0 Å². The number of hydrogen-bond donors (Lipinski definition) is 0. The number of aromatic nitrogens is 1.